The molecule has 1 heterocycles. The van der Waals surface area contributed by atoms with Crippen molar-refractivity contribution in [3.8, 4) is 0 Å². The number of morpholine rings is 1. The summed E-state index contributed by atoms with van der Waals surface area (Å²) >= 11 is 0. The van der Waals surface area contributed by atoms with E-state index >= 15 is 0 Å². The van der Waals surface area contributed by atoms with Crippen LogP contribution in [0.25, 0.3) is 0 Å². The van der Waals surface area contributed by atoms with Gasteiger partial charge in [0.05, 0.1) is 19.8 Å². The summed E-state index contributed by atoms with van der Waals surface area (Å²) in [5.74, 6) is 0.291. The van der Waals surface area contributed by atoms with Crippen molar-refractivity contribution in [2.45, 2.75) is 13.8 Å². The summed E-state index contributed by atoms with van der Waals surface area (Å²) in [6.07, 6.45) is 0. The van der Waals surface area contributed by atoms with Crippen LogP contribution < -0.4 is 0 Å². The van der Waals surface area contributed by atoms with E-state index in [1.165, 1.54) is 0 Å². The molecule has 0 saturated carbocycles. The molecular weight excluding hydrogens is 154 g/mol. The fraction of sp³-hybridized carbons (Fsp3) is 0.889. The number of ether oxygens (including phenoxy) is 1. The number of Topliss-reactive ketones (excluding diaryl/α,β-unsaturated/α-hetero) is 1. The molecule has 0 amide bonds. The largest absolute Gasteiger partial charge is 0.370 e. The van der Waals surface area contributed by atoms with Crippen molar-refractivity contribution < 1.29 is 14.0 Å². The van der Waals surface area contributed by atoms with Gasteiger partial charge >= 0.3 is 0 Å². The van der Waals surface area contributed by atoms with Gasteiger partial charge in [-0.2, -0.15) is 0 Å². The highest BCUT2D eigenvalue weighted by Crippen LogP contribution is 2.10. The highest BCUT2D eigenvalue weighted by molar-refractivity contribution is 5.76. The van der Waals surface area contributed by atoms with Crippen LogP contribution in [0.1, 0.15) is 13.8 Å². The summed E-state index contributed by atoms with van der Waals surface area (Å²) in [5.41, 5.74) is 0. The summed E-state index contributed by atoms with van der Waals surface area (Å²) in [6.45, 7) is 9.15. The molecule has 0 aromatic rings. The Hall–Kier alpha value is -0.410. The van der Waals surface area contributed by atoms with Crippen LogP contribution in [0.15, 0.2) is 0 Å². The smallest absolute Gasteiger partial charge is 0.183 e. The van der Waals surface area contributed by atoms with Gasteiger partial charge in [0.15, 0.2) is 5.78 Å². The third-order valence-electron chi connectivity index (χ3n) is 2.65. The lowest BCUT2D eigenvalue weighted by Crippen LogP contribution is -2.56. The molecule has 1 fully saturated rings. The first-order chi connectivity index (χ1) is 5.68. The Kier molecular flexibility index (Phi) is 3.23. The van der Waals surface area contributed by atoms with E-state index in [0.29, 0.717) is 12.3 Å². The Balaban J connectivity index is 2.53. The maximum Gasteiger partial charge on any atom is 0.183 e. The lowest BCUT2D eigenvalue weighted by Gasteiger charge is -2.39. The van der Waals surface area contributed by atoms with Crippen molar-refractivity contribution in [3.63, 3.8) is 0 Å². The van der Waals surface area contributed by atoms with E-state index in [1.807, 2.05) is 0 Å². The number of hydrogen-bond donors (Lipinski definition) is 0. The SMILES string of the molecule is CC[N+]1(CC(C)=O)CCOCC1. The van der Waals surface area contributed by atoms with Gasteiger partial charge in [0.1, 0.15) is 19.6 Å². The average molecular weight is 172 g/mol. The summed E-state index contributed by atoms with van der Waals surface area (Å²) in [5, 5.41) is 0. The van der Waals surface area contributed by atoms with Gasteiger partial charge in [0, 0.05) is 6.92 Å². The first kappa shape index (κ1) is 9.68. The molecule has 12 heavy (non-hydrogen) atoms. The first-order valence-electron chi connectivity index (χ1n) is 4.61. The van der Waals surface area contributed by atoms with Gasteiger partial charge in [-0.15, -0.1) is 0 Å². The third kappa shape index (κ3) is 2.29. The van der Waals surface area contributed by atoms with E-state index in [-0.39, 0.29) is 0 Å². The van der Waals surface area contributed by atoms with E-state index in [2.05, 4.69) is 6.92 Å². The van der Waals surface area contributed by atoms with Gasteiger partial charge in [0.2, 0.25) is 0 Å². The standard InChI is InChI=1S/C9H18NO2/c1-3-10(8-9(2)11)4-6-12-7-5-10/h3-8H2,1-2H3/q+1. The van der Waals surface area contributed by atoms with Crippen molar-refractivity contribution in [1.29, 1.82) is 0 Å². The second-order valence-corrected chi connectivity index (χ2v) is 3.58. The number of carbonyl (C=O) groups is 1. The van der Waals surface area contributed by atoms with Gasteiger partial charge in [-0.25, -0.2) is 0 Å². The zero-order valence-corrected chi connectivity index (χ0v) is 8.01. The highest BCUT2D eigenvalue weighted by Gasteiger charge is 2.29. The second kappa shape index (κ2) is 4.01. The molecule has 0 spiro atoms. The van der Waals surface area contributed by atoms with E-state index in [9.17, 15) is 4.79 Å². The Morgan fingerprint density at radius 1 is 1.42 bits per heavy atom. The predicted molar refractivity (Wildman–Crippen MR) is 46.9 cm³/mol. The maximum absolute atomic E-state index is 11.0. The van der Waals surface area contributed by atoms with Crippen LogP contribution in [-0.2, 0) is 9.53 Å². The van der Waals surface area contributed by atoms with Gasteiger partial charge < -0.3 is 9.22 Å². The van der Waals surface area contributed by atoms with Gasteiger partial charge in [0.25, 0.3) is 0 Å². The van der Waals surface area contributed by atoms with Crippen LogP contribution in [0.2, 0.25) is 0 Å². The molecule has 0 radical (unpaired) electrons. The summed E-state index contributed by atoms with van der Waals surface area (Å²) in [4.78, 5) is 11.0. The minimum absolute atomic E-state index is 0.291. The molecule has 1 saturated heterocycles. The molecule has 0 aromatic carbocycles. The van der Waals surface area contributed by atoms with Crippen molar-refractivity contribution in [2.75, 3.05) is 39.4 Å². The lowest BCUT2D eigenvalue weighted by atomic mass is 10.2. The van der Waals surface area contributed by atoms with Crippen molar-refractivity contribution >= 4 is 5.78 Å². The number of hydrogen-bond acceptors (Lipinski definition) is 2. The number of quaternary nitrogens is 1. The van der Waals surface area contributed by atoms with Crippen molar-refractivity contribution in [2.24, 2.45) is 0 Å². The molecule has 70 valence electrons. The molecule has 0 unspecified atom stereocenters. The van der Waals surface area contributed by atoms with E-state index < -0.39 is 0 Å². The first-order valence-corrected chi connectivity index (χ1v) is 4.61. The second-order valence-electron chi connectivity index (χ2n) is 3.58. The van der Waals surface area contributed by atoms with Gasteiger partial charge in [-0.1, -0.05) is 0 Å². The molecule has 3 nitrogen and oxygen atoms in total. The molecule has 0 atom stereocenters. The summed E-state index contributed by atoms with van der Waals surface area (Å²) < 4.78 is 6.21. The summed E-state index contributed by atoms with van der Waals surface area (Å²) in [6, 6.07) is 0. The quantitative estimate of drug-likeness (QED) is 0.577. The molecule has 1 aliphatic rings. The zero-order chi connectivity index (χ0) is 9.03. The fourth-order valence-electron chi connectivity index (χ4n) is 1.79. The molecule has 0 aliphatic carbocycles. The Bertz CT molecular complexity index is 162. The zero-order valence-electron chi connectivity index (χ0n) is 8.01. The number of likely N-dealkylation sites (N-methyl/N-ethyl adjacent to an activating group) is 1. The molecule has 1 aliphatic heterocycles. The van der Waals surface area contributed by atoms with Gasteiger partial charge in [-0.3, -0.25) is 4.79 Å². The maximum atomic E-state index is 11.0. The normalized spacial score (nSPS) is 22.2. The lowest BCUT2D eigenvalue weighted by molar-refractivity contribution is -0.926. The van der Waals surface area contributed by atoms with Crippen LogP contribution in [0, 0.1) is 0 Å². The van der Waals surface area contributed by atoms with Crippen LogP contribution in [-0.4, -0.2) is 49.7 Å². The predicted octanol–water partition coefficient (Wildman–Crippen LogP) is 0.442. The number of carbonyl (C=O) groups excluding carboxylic acids is 1. The monoisotopic (exact) mass is 172 g/mol. The minimum Gasteiger partial charge on any atom is -0.370 e. The van der Waals surface area contributed by atoms with Crippen LogP contribution in [0.4, 0.5) is 0 Å². The Labute approximate surface area is 73.9 Å². The average Bonchev–Trinajstić information content (AvgIpc) is 2.05. The van der Waals surface area contributed by atoms with E-state index in [0.717, 1.165) is 37.3 Å². The molecule has 1 rings (SSSR count). The summed E-state index contributed by atoms with van der Waals surface area (Å²) in [7, 11) is 0. The number of nitrogens with zero attached hydrogens (tertiary/aromatic N) is 1. The van der Waals surface area contributed by atoms with Crippen molar-refractivity contribution in [3.05, 3.63) is 0 Å². The topological polar surface area (TPSA) is 26.3 Å². The molecular formula is C9H18NO2+. The number of ketones is 1. The molecule has 0 N–H and O–H groups in total. The number of rotatable bonds is 3. The molecule has 3 heteroatoms. The van der Waals surface area contributed by atoms with Crippen LogP contribution >= 0.6 is 0 Å². The van der Waals surface area contributed by atoms with E-state index in [1.54, 1.807) is 6.92 Å². The third-order valence-corrected chi connectivity index (χ3v) is 2.65. The molecule has 0 bridgehead atoms. The van der Waals surface area contributed by atoms with E-state index in [4.69, 9.17) is 4.74 Å². The molecule has 0 aromatic heterocycles. The fourth-order valence-corrected chi connectivity index (χ4v) is 1.79. The van der Waals surface area contributed by atoms with Crippen LogP contribution in [0.5, 0.6) is 0 Å². The van der Waals surface area contributed by atoms with Crippen LogP contribution in [0.3, 0.4) is 0 Å². The van der Waals surface area contributed by atoms with Gasteiger partial charge in [-0.05, 0) is 6.92 Å². The highest BCUT2D eigenvalue weighted by atomic mass is 16.5. The minimum atomic E-state index is 0.291. The Morgan fingerprint density at radius 3 is 2.42 bits per heavy atom. The van der Waals surface area contributed by atoms with Crippen molar-refractivity contribution in [1.82, 2.24) is 0 Å². The Morgan fingerprint density at radius 2 is 2.00 bits per heavy atom.